The summed E-state index contributed by atoms with van der Waals surface area (Å²) in [6.07, 6.45) is 2.66. The van der Waals surface area contributed by atoms with Gasteiger partial charge in [-0.25, -0.2) is 4.79 Å². The summed E-state index contributed by atoms with van der Waals surface area (Å²) in [5.41, 5.74) is 3.70. The monoisotopic (exact) mass is 477 g/mol. The number of carbonyl (C=O) groups is 2. The van der Waals surface area contributed by atoms with Crippen molar-refractivity contribution in [2.75, 3.05) is 47.2 Å². The molecule has 4 N–H and O–H groups in total. The van der Waals surface area contributed by atoms with Crippen molar-refractivity contribution < 1.29 is 19.1 Å². The molecule has 9 nitrogen and oxygen atoms in total. The van der Waals surface area contributed by atoms with Crippen LogP contribution in [0.2, 0.25) is 0 Å². The number of ether oxygens (including phenoxy) is 2. The summed E-state index contributed by atoms with van der Waals surface area (Å²) < 4.78 is 11.4. The van der Waals surface area contributed by atoms with Crippen LogP contribution in [0, 0.1) is 0 Å². The zero-order valence-electron chi connectivity index (χ0n) is 20.6. The van der Waals surface area contributed by atoms with Crippen LogP contribution in [0.4, 0.5) is 10.5 Å². The Bertz CT molecular complexity index is 1290. The van der Waals surface area contributed by atoms with Gasteiger partial charge in [-0.05, 0) is 76.6 Å². The van der Waals surface area contributed by atoms with Crippen molar-refractivity contribution >= 4 is 34.5 Å². The van der Waals surface area contributed by atoms with Gasteiger partial charge in [-0.2, -0.15) is 0 Å². The molecule has 2 amide bonds. The second-order valence-corrected chi connectivity index (χ2v) is 8.65. The lowest BCUT2D eigenvalue weighted by atomic mass is 10.0. The molecule has 3 aromatic rings. The summed E-state index contributed by atoms with van der Waals surface area (Å²) in [6, 6.07) is 10.5. The minimum Gasteiger partial charge on any atom is -0.497 e. The Balaban J connectivity index is 1.76. The molecule has 184 valence electrons. The first-order valence-electron chi connectivity index (χ1n) is 11.4. The number of nitrogens with one attached hydrogen (secondary N) is 4. The number of fused-ring (bicyclic) bond motifs is 2. The smallest absolute Gasteiger partial charge is 0.318 e. The Morgan fingerprint density at radius 2 is 2.00 bits per heavy atom. The summed E-state index contributed by atoms with van der Waals surface area (Å²) in [5.74, 6) is 1.17. The van der Waals surface area contributed by atoms with Crippen molar-refractivity contribution in [3.8, 4) is 11.5 Å². The molecule has 35 heavy (non-hydrogen) atoms. The molecule has 2 heterocycles. The normalized spacial score (nSPS) is 14.8. The molecule has 0 spiro atoms. The number of hydrogen-bond donors (Lipinski definition) is 4. The van der Waals surface area contributed by atoms with Crippen molar-refractivity contribution in [2.24, 2.45) is 0 Å². The zero-order chi connectivity index (χ0) is 25.1. The van der Waals surface area contributed by atoms with E-state index in [4.69, 9.17) is 9.47 Å². The van der Waals surface area contributed by atoms with E-state index in [0.717, 1.165) is 40.9 Å². The molecule has 0 radical (unpaired) electrons. The van der Waals surface area contributed by atoms with Gasteiger partial charge in [0.15, 0.2) is 5.76 Å². The van der Waals surface area contributed by atoms with Crippen LogP contribution < -0.4 is 25.4 Å². The standard InChI is InChI=1S/C26H31N5O4/c1-27-21(10-11-31(3)4)24-18(17-13-16(34-5)7-8-20(17)30-24)14-23-25(32)19-12-15(29-26(33)28-2)6-9-22(19)35-23/h6-9,12-14,21,27,30H,10-11H2,1-5H3,(H2,28,29,33)/b23-14-. The number of benzene rings is 2. The Hall–Kier alpha value is -3.82. The summed E-state index contributed by atoms with van der Waals surface area (Å²) in [5, 5.41) is 9.52. The lowest BCUT2D eigenvalue weighted by Crippen LogP contribution is -2.24. The molecule has 2 aromatic carbocycles. The Kier molecular flexibility index (Phi) is 7.09. The van der Waals surface area contributed by atoms with Gasteiger partial charge in [-0.15, -0.1) is 0 Å². The first-order chi connectivity index (χ1) is 16.8. The average molecular weight is 478 g/mol. The highest BCUT2D eigenvalue weighted by Crippen LogP contribution is 2.37. The predicted octanol–water partition coefficient (Wildman–Crippen LogP) is 3.76. The van der Waals surface area contributed by atoms with Crippen LogP contribution in [-0.2, 0) is 0 Å². The van der Waals surface area contributed by atoms with Gasteiger partial charge in [-0.1, -0.05) is 0 Å². The van der Waals surface area contributed by atoms with Crippen molar-refractivity contribution in [3.05, 3.63) is 59.0 Å². The lowest BCUT2D eigenvalue weighted by molar-refractivity contribution is 0.101. The van der Waals surface area contributed by atoms with Gasteiger partial charge in [0.2, 0.25) is 5.78 Å². The average Bonchev–Trinajstić information content (AvgIpc) is 3.36. The van der Waals surface area contributed by atoms with E-state index in [1.54, 1.807) is 31.4 Å². The maximum atomic E-state index is 13.3. The van der Waals surface area contributed by atoms with Crippen molar-refractivity contribution in [2.45, 2.75) is 12.5 Å². The topological polar surface area (TPSA) is 108 Å². The third kappa shape index (κ3) is 5.01. The van der Waals surface area contributed by atoms with E-state index in [2.05, 4.69) is 25.8 Å². The highest BCUT2D eigenvalue weighted by atomic mass is 16.5. The molecule has 0 aliphatic carbocycles. The second kappa shape index (κ2) is 10.2. The number of urea groups is 1. The molecule has 0 saturated carbocycles. The third-order valence-electron chi connectivity index (χ3n) is 6.07. The van der Waals surface area contributed by atoms with Crippen LogP contribution in [0.5, 0.6) is 11.5 Å². The highest BCUT2D eigenvalue weighted by Gasteiger charge is 2.29. The number of H-pyrrole nitrogens is 1. The number of methoxy groups -OCH3 is 1. The molecule has 1 atom stereocenters. The van der Waals surface area contributed by atoms with E-state index in [1.807, 2.05) is 39.3 Å². The Labute approximate surface area is 204 Å². The molecule has 4 rings (SSSR count). The molecule has 1 aromatic heterocycles. The number of Topliss-reactive ketones (excluding diaryl/α,β-unsaturated/α-hetero) is 1. The molecule has 1 unspecified atom stereocenters. The number of carbonyl (C=O) groups excluding carboxylic acids is 2. The summed E-state index contributed by atoms with van der Waals surface area (Å²) in [6.45, 7) is 0.891. The van der Waals surface area contributed by atoms with Gasteiger partial charge in [0.1, 0.15) is 11.5 Å². The zero-order valence-corrected chi connectivity index (χ0v) is 20.6. The van der Waals surface area contributed by atoms with Crippen molar-refractivity contribution in [3.63, 3.8) is 0 Å². The predicted molar refractivity (Wildman–Crippen MR) is 137 cm³/mol. The molecule has 0 bridgehead atoms. The van der Waals surface area contributed by atoms with Crippen LogP contribution >= 0.6 is 0 Å². The minimum absolute atomic E-state index is 0.0323. The first kappa shape index (κ1) is 24.3. The number of allylic oxidation sites excluding steroid dienone is 1. The molecule has 0 fully saturated rings. The first-order valence-corrected chi connectivity index (χ1v) is 11.4. The second-order valence-electron chi connectivity index (χ2n) is 8.65. The van der Waals surface area contributed by atoms with Crippen molar-refractivity contribution in [1.82, 2.24) is 20.5 Å². The van der Waals surface area contributed by atoms with E-state index in [9.17, 15) is 9.59 Å². The van der Waals surface area contributed by atoms with E-state index >= 15 is 0 Å². The summed E-state index contributed by atoms with van der Waals surface area (Å²) in [4.78, 5) is 30.6. The summed E-state index contributed by atoms with van der Waals surface area (Å²) in [7, 11) is 9.17. The fourth-order valence-electron chi connectivity index (χ4n) is 4.18. The Morgan fingerprint density at radius 3 is 2.69 bits per heavy atom. The number of nitrogens with zero attached hydrogens (tertiary/aromatic N) is 1. The number of aromatic nitrogens is 1. The van der Waals surface area contributed by atoms with Crippen LogP contribution in [0.25, 0.3) is 17.0 Å². The summed E-state index contributed by atoms with van der Waals surface area (Å²) >= 11 is 0. The largest absolute Gasteiger partial charge is 0.497 e. The lowest BCUT2D eigenvalue weighted by Gasteiger charge is -2.19. The quantitative estimate of drug-likeness (QED) is 0.368. The molecule has 1 aliphatic rings. The van der Waals surface area contributed by atoms with E-state index in [-0.39, 0.29) is 23.6 Å². The van der Waals surface area contributed by atoms with Crippen LogP contribution in [-0.4, -0.2) is 63.5 Å². The van der Waals surface area contributed by atoms with Crippen LogP contribution in [0.15, 0.2) is 42.2 Å². The number of amides is 2. The number of rotatable bonds is 8. The third-order valence-corrected chi connectivity index (χ3v) is 6.07. The van der Waals surface area contributed by atoms with Gasteiger partial charge in [-0.3, -0.25) is 4.79 Å². The number of hydrogen-bond acceptors (Lipinski definition) is 6. The molecular formula is C26H31N5O4. The van der Waals surface area contributed by atoms with Gasteiger partial charge in [0.05, 0.1) is 12.7 Å². The SMILES string of the molecule is CNC(=O)Nc1ccc2c(c1)C(=O)/C(=C/c1c(C(CCN(C)C)NC)[nH]c3ccc(OC)cc13)O2. The number of anilines is 1. The minimum atomic E-state index is -0.361. The van der Waals surface area contributed by atoms with Crippen LogP contribution in [0.3, 0.4) is 0 Å². The fraction of sp³-hybridized carbons (Fsp3) is 0.308. The van der Waals surface area contributed by atoms with Gasteiger partial charge < -0.3 is 35.3 Å². The van der Waals surface area contributed by atoms with E-state index in [0.29, 0.717) is 17.0 Å². The van der Waals surface area contributed by atoms with Crippen molar-refractivity contribution in [1.29, 1.82) is 0 Å². The van der Waals surface area contributed by atoms with Gasteiger partial charge in [0.25, 0.3) is 0 Å². The highest BCUT2D eigenvalue weighted by molar-refractivity contribution is 6.16. The van der Waals surface area contributed by atoms with E-state index in [1.165, 1.54) is 7.05 Å². The van der Waals surface area contributed by atoms with Gasteiger partial charge in [0, 0.05) is 40.9 Å². The maximum Gasteiger partial charge on any atom is 0.318 e. The molecular weight excluding hydrogens is 446 g/mol. The molecule has 1 aliphatic heterocycles. The van der Waals surface area contributed by atoms with Crippen LogP contribution in [0.1, 0.15) is 34.1 Å². The maximum absolute atomic E-state index is 13.3. The van der Waals surface area contributed by atoms with Gasteiger partial charge >= 0.3 is 6.03 Å². The number of ketones is 1. The molecule has 0 saturated heterocycles. The van der Waals surface area contributed by atoms with E-state index < -0.39 is 0 Å². The molecule has 9 heteroatoms. The Morgan fingerprint density at radius 1 is 1.20 bits per heavy atom. The number of aromatic amines is 1. The fourth-order valence-corrected chi connectivity index (χ4v) is 4.18.